The fraction of sp³-hybridized carbons (Fsp3) is 0.417. The third-order valence-corrected chi connectivity index (χ3v) is 2.19. The van der Waals surface area contributed by atoms with Crippen LogP contribution < -0.4 is 4.74 Å². The highest BCUT2D eigenvalue weighted by atomic mass is 16.6. The van der Waals surface area contributed by atoms with Crippen molar-refractivity contribution < 1.29 is 23.8 Å². The molecular weight excluding hydrogens is 238 g/mol. The number of aromatic nitrogens is 1. The first kappa shape index (κ1) is 14.0. The highest BCUT2D eigenvalue weighted by Crippen LogP contribution is 2.10. The van der Waals surface area contributed by atoms with Crippen LogP contribution in [0.4, 0.5) is 0 Å². The summed E-state index contributed by atoms with van der Waals surface area (Å²) in [5.74, 6) is -0.255. The zero-order chi connectivity index (χ0) is 13.4. The van der Waals surface area contributed by atoms with Gasteiger partial charge in [0, 0.05) is 12.1 Å². The van der Waals surface area contributed by atoms with Gasteiger partial charge in [-0.05, 0) is 12.1 Å². The summed E-state index contributed by atoms with van der Waals surface area (Å²) in [6.07, 6.45) is 2.28. The first-order valence-corrected chi connectivity index (χ1v) is 5.37. The molecule has 0 radical (unpaired) electrons. The summed E-state index contributed by atoms with van der Waals surface area (Å²) in [6, 6.07) is 3.41. The number of esters is 2. The lowest BCUT2D eigenvalue weighted by Gasteiger charge is -2.05. The van der Waals surface area contributed by atoms with E-state index in [0.717, 1.165) is 5.69 Å². The number of hydrogen-bond donors (Lipinski definition) is 0. The maximum absolute atomic E-state index is 10.9. The second kappa shape index (κ2) is 7.26. The minimum Gasteiger partial charge on any atom is -0.480 e. The van der Waals surface area contributed by atoms with Crippen molar-refractivity contribution in [3.05, 3.63) is 24.0 Å². The van der Waals surface area contributed by atoms with Crippen molar-refractivity contribution >= 4 is 11.9 Å². The molecule has 0 atom stereocenters. The van der Waals surface area contributed by atoms with E-state index in [9.17, 15) is 9.59 Å². The van der Waals surface area contributed by atoms with Crippen molar-refractivity contribution in [2.45, 2.75) is 12.8 Å². The van der Waals surface area contributed by atoms with Gasteiger partial charge in [-0.25, -0.2) is 4.79 Å². The van der Waals surface area contributed by atoms with E-state index < -0.39 is 5.97 Å². The summed E-state index contributed by atoms with van der Waals surface area (Å²) in [4.78, 5) is 25.9. The van der Waals surface area contributed by atoms with Crippen LogP contribution in [0.5, 0.6) is 5.75 Å². The molecule has 1 aromatic heterocycles. The molecule has 0 N–H and O–H groups in total. The predicted molar refractivity (Wildman–Crippen MR) is 62.1 cm³/mol. The van der Waals surface area contributed by atoms with Gasteiger partial charge in [-0.15, -0.1) is 0 Å². The lowest BCUT2D eigenvalue weighted by atomic mass is 10.2. The van der Waals surface area contributed by atoms with E-state index in [2.05, 4.69) is 14.5 Å². The molecule has 0 unspecified atom stereocenters. The van der Waals surface area contributed by atoms with E-state index >= 15 is 0 Å². The Morgan fingerprint density at radius 2 is 1.89 bits per heavy atom. The molecule has 1 rings (SSSR count). The first-order chi connectivity index (χ1) is 8.65. The van der Waals surface area contributed by atoms with Crippen molar-refractivity contribution in [2.24, 2.45) is 0 Å². The Morgan fingerprint density at radius 1 is 1.17 bits per heavy atom. The molecule has 0 aliphatic rings. The SMILES string of the molecule is COC(=O)CCc1ccc(OCC(=O)OC)cn1. The molecule has 0 spiro atoms. The second-order valence-corrected chi connectivity index (χ2v) is 3.43. The van der Waals surface area contributed by atoms with Crippen molar-refractivity contribution in [2.75, 3.05) is 20.8 Å². The largest absolute Gasteiger partial charge is 0.480 e. The van der Waals surface area contributed by atoms with E-state index in [4.69, 9.17) is 4.74 Å². The Balaban J connectivity index is 2.42. The molecule has 0 saturated carbocycles. The van der Waals surface area contributed by atoms with Crippen LogP contribution in [0.15, 0.2) is 18.3 Å². The van der Waals surface area contributed by atoms with Gasteiger partial charge in [0.15, 0.2) is 6.61 Å². The monoisotopic (exact) mass is 253 g/mol. The van der Waals surface area contributed by atoms with Gasteiger partial charge in [0.05, 0.1) is 26.8 Å². The van der Waals surface area contributed by atoms with Crippen LogP contribution in [0.3, 0.4) is 0 Å². The molecule has 1 aromatic rings. The number of pyridine rings is 1. The number of ether oxygens (including phenoxy) is 3. The van der Waals surface area contributed by atoms with Gasteiger partial charge in [0.1, 0.15) is 5.75 Å². The van der Waals surface area contributed by atoms with Gasteiger partial charge < -0.3 is 14.2 Å². The van der Waals surface area contributed by atoms with E-state index in [0.29, 0.717) is 12.2 Å². The Morgan fingerprint density at radius 3 is 2.44 bits per heavy atom. The molecule has 6 nitrogen and oxygen atoms in total. The molecule has 18 heavy (non-hydrogen) atoms. The van der Waals surface area contributed by atoms with Gasteiger partial charge in [0.25, 0.3) is 0 Å². The van der Waals surface area contributed by atoms with Gasteiger partial charge in [0.2, 0.25) is 0 Å². The Kier molecular flexibility index (Phi) is 5.63. The van der Waals surface area contributed by atoms with Gasteiger partial charge in [-0.2, -0.15) is 0 Å². The lowest BCUT2D eigenvalue weighted by molar-refractivity contribution is -0.143. The quantitative estimate of drug-likeness (QED) is 0.696. The summed E-state index contributed by atoms with van der Waals surface area (Å²) >= 11 is 0. The average molecular weight is 253 g/mol. The summed E-state index contributed by atoms with van der Waals surface area (Å²) in [6.45, 7) is -0.153. The first-order valence-electron chi connectivity index (χ1n) is 5.37. The highest BCUT2D eigenvalue weighted by Gasteiger charge is 2.04. The van der Waals surface area contributed by atoms with Crippen LogP contribution in [0.25, 0.3) is 0 Å². The molecule has 1 heterocycles. The van der Waals surface area contributed by atoms with E-state index in [-0.39, 0.29) is 19.0 Å². The van der Waals surface area contributed by atoms with E-state index in [1.54, 1.807) is 12.1 Å². The molecule has 6 heteroatoms. The number of carbonyl (C=O) groups is 2. The molecule has 0 fully saturated rings. The fourth-order valence-electron chi connectivity index (χ4n) is 1.18. The Bertz CT molecular complexity index is 362. The molecule has 0 bridgehead atoms. The van der Waals surface area contributed by atoms with Crippen LogP contribution in [0.1, 0.15) is 12.1 Å². The molecule has 0 aliphatic heterocycles. The Labute approximate surface area is 105 Å². The number of rotatable bonds is 6. The molecular formula is C12H15NO5. The van der Waals surface area contributed by atoms with Crippen molar-refractivity contribution in [1.82, 2.24) is 4.98 Å². The number of aryl methyl sites for hydroxylation is 1. The van der Waals surface area contributed by atoms with Gasteiger partial charge in [-0.3, -0.25) is 9.78 Å². The zero-order valence-electron chi connectivity index (χ0n) is 10.3. The normalized spacial score (nSPS) is 9.67. The topological polar surface area (TPSA) is 74.7 Å². The minimum atomic E-state index is -0.454. The number of methoxy groups -OCH3 is 2. The smallest absolute Gasteiger partial charge is 0.343 e. The maximum Gasteiger partial charge on any atom is 0.343 e. The summed E-state index contributed by atoms with van der Waals surface area (Å²) < 4.78 is 14.1. The zero-order valence-corrected chi connectivity index (χ0v) is 10.3. The minimum absolute atomic E-state index is 0.153. The molecule has 98 valence electrons. The van der Waals surface area contributed by atoms with Crippen molar-refractivity contribution in [3.63, 3.8) is 0 Å². The summed E-state index contributed by atoms with van der Waals surface area (Å²) in [5.41, 5.74) is 0.755. The van der Waals surface area contributed by atoms with Crippen LogP contribution in [0.2, 0.25) is 0 Å². The third kappa shape index (κ3) is 4.82. The van der Waals surface area contributed by atoms with Crippen molar-refractivity contribution in [3.8, 4) is 5.75 Å². The summed E-state index contributed by atoms with van der Waals surface area (Å²) in [5, 5.41) is 0. The molecule has 0 saturated heterocycles. The lowest BCUT2D eigenvalue weighted by Crippen LogP contribution is -2.12. The molecule has 0 aromatic carbocycles. The van der Waals surface area contributed by atoms with E-state index in [1.807, 2.05) is 0 Å². The van der Waals surface area contributed by atoms with Crippen LogP contribution >= 0.6 is 0 Å². The number of hydrogen-bond acceptors (Lipinski definition) is 6. The average Bonchev–Trinajstić information content (AvgIpc) is 2.43. The van der Waals surface area contributed by atoms with Crippen LogP contribution in [0, 0.1) is 0 Å². The van der Waals surface area contributed by atoms with Crippen LogP contribution in [-0.2, 0) is 25.5 Å². The fourth-order valence-corrected chi connectivity index (χ4v) is 1.18. The Hall–Kier alpha value is -2.11. The highest BCUT2D eigenvalue weighted by molar-refractivity contribution is 5.70. The van der Waals surface area contributed by atoms with E-state index in [1.165, 1.54) is 20.4 Å². The summed E-state index contributed by atoms with van der Waals surface area (Å²) in [7, 11) is 2.64. The standard InChI is InChI=1S/C12H15NO5/c1-16-11(14)6-4-9-3-5-10(7-13-9)18-8-12(15)17-2/h3,5,7H,4,6,8H2,1-2H3. The molecule has 0 aliphatic carbocycles. The maximum atomic E-state index is 10.9. The van der Waals surface area contributed by atoms with Crippen molar-refractivity contribution in [1.29, 1.82) is 0 Å². The predicted octanol–water partition coefficient (Wildman–Crippen LogP) is 0.739. The second-order valence-electron chi connectivity index (χ2n) is 3.43. The third-order valence-electron chi connectivity index (χ3n) is 2.19. The number of carbonyl (C=O) groups excluding carboxylic acids is 2. The molecule has 0 amide bonds. The van der Waals surface area contributed by atoms with Gasteiger partial charge in [-0.1, -0.05) is 0 Å². The van der Waals surface area contributed by atoms with Gasteiger partial charge >= 0.3 is 11.9 Å². The van der Waals surface area contributed by atoms with Crippen LogP contribution in [-0.4, -0.2) is 37.7 Å². The number of nitrogens with zero attached hydrogens (tertiary/aromatic N) is 1.